The SMILES string of the molecule is COc1ccc(CCN2CC(c3noc(-c4cccc(Cl)c4)n3)CC2=O)cc1OC. The summed E-state index contributed by atoms with van der Waals surface area (Å²) >= 11 is 6.03. The third-order valence-electron chi connectivity index (χ3n) is 5.21. The van der Waals surface area contributed by atoms with E-state index >= 15 is 0 Å². The van der Waals surface area contributed by atoms with Crippen LogP contribution < -0.4 is 9.47 Å². The molecule has 1 aliphatic rings. The second kappa shape index (κ2) is 8.75. The maximum absolute atomic E-state index is 12.5. The van der Waals surface area contributed by atoms with E-state index < -0.39 is 0 Å². The van der Waals surface area contributed by atoms with Crippen LogP contribution in [0.15, 0.2) is 47.0 Å². The van der Waals surface area contributed by atoms with E-state index in [4.69, 9.17) is 25.6 Å². The van der Waals surface area contributed by atoms with E-state index in [9.17, 15) is 4.79 Å². The lowest BCUT2D eigenvalue weighted by Crippen LogP contribution is -2.27. The minimum atomic E-state index is -0.0837. The predicted octanol–water partition coefficient (Wildman–Crippen LogP) is 3.97. The Kier molecular flexibility index (Phi) is 5.90. The lowest BCUT2D eigenvalue weighted by Gasteiger charge is -2.16. The first kappa shape index (κ1) is 20.2. The average Bonchev–Trinajstić information content (AvgIpc) is 3.39. The molecule has 0 bridgehead atoms. The zero-order valence-electron chi connectivity index (χ0n) is 16.8. The maximum atomic E-state index is 12.5. The van der Waals surface area contributed by atoms with Crippen molar-refractivity contribution < 1.29 is 18.8 Å². The number of methoxy groups -OCH3 is 2. The fourth-order valence-corrected chi connectivity index (χ4v) is 3.79. The van der Waals surface area contributed by atoms with Gasteiger partial charge >= 0.3 is 0 Å². The smallest absolute Gasteiger partial charge is 0.257 e. The second-order valence-corrected chi connectivity index (χ2v) is 7.58. The van der Waals surface area contributed by atoms with Crippen molar-refractivity contribution in [1.82, 2.24) is 15.0 Å². The lowest BCUT2D eigenvalue weighted by atomic mass is 10.1. The number of likely N-dealkylation sites (tertiary alicyclic amines) is 1. The van der Waals surface area contributed by atoms with Gasteiger partial charge in [0.25, 0.3) is 5.89 Å². The molecule has 1 saturated heterocycles. The summed E-state index contributed by atoms with van der Waals surface area (Å²) in [6, 6.07) is 13.0. The number of hydrogen-bond donors (Lipinski definition) is 0. The summed E-state index contributed by atoms with van der Waals surface area (Å²) in [7, 11) is 3.22. The Labute approximate surface area is 179 Å². The molecule has 2 aromatic carbocycles. The van der Waals surface area contributed by atoms with Crippen LogP contribution in [0.2, 0.25) is 5.02 Å². The summed E-state index contributed by atoms with van der Waals surface area (Å²) in [5.74, 6) is 2.33. The number of rotatable bonds is 7. The van der Waals surface area contributed by atoms with Crippen LogP contribution in [0.3, 0.4) is 0 Å². The maximum Gasteiger partial charge on any atom is 0.257 e. The highest BCUT2D eigenvalue weighted by Crippen LogP contribution is 2.30. The number of ether oxygens (including phenoxy) is 2. The number of carbonyl (C=O) groups is 1. The van der Waals surface area contributed by atoms with Crippen LogP contribution >= 0.6 is 11.6 Å². The number of halogens is 1. The minimum Gasteiger partial charge on any atom is -0.493 e. The van der Waals surface area contributed by atoms with Crippen LogP contribution in [0.1, 0.15) is 23.7 Å². The quantitative estimate of drug-likeness (QED) is 0.567. The molecule has 7 nitrogen and oxygen atoms in total. The van der Waals surface area contributed by atoms with Gasteiger partial charge in [-0.2, -0.15) is 4.98 Å². The van der Waals surface area contributed by atoms with Crippen molar-refractivity contribution in [2.24, 2.45) is 0 Å². The van der Waals surface area contributed by atoms with Gasteiger partial charge in [0.05, 0.1) is 14.2 Å². The molecule has 156 valence electrons. The van der Waals surface area contributed by atoms with Crippen LogP contribution in [-0.4, -0.2) is 48.3 Å². The molecule has 30 heavy (non-hydrogen) atoms. The van der Waals surface area contributed by atoms with E-state index in [2.05, 4.69) is 10.1 Å². The van der Waals surface area contributed by atoms with Crippen LogP contribution in [0.4, 0.5) is 0 Å². The summed E-state index contributed by atoms with van der Waals surface area (Å²) in [4.78, 5) is 18.8. The number of nitrogens with zero attached hydrogens (tertiary/aromatic N) is 3. The molecule has 1 aromatic heterocycles. The summed E-state index contributed by atoms with van der Waals surface area (Å²) in [6.45, 7) is 1.18. The molecule has 1 fully saturated rings. The molecule has 3 aromatic rings. The minimum absolute atomic E-state index is 0.0837. The Hall–Kier alpha value is -3.06. The third kappa shape index (κ3) is 4.26. The van der Waals surface area contributed by atoms with Gasteiger partial charge < -0.3 is 18.9 Å². The van der Waals surface area contributed by atoms with Gasteiger partial charge in [0, 0.05) is 36.0 Å². The Balaban J connectivity index is 1.40. The predicted molar refractivity (Wildman–Crippen MR) is 112 cm³/mol. The van der Waals surface area contributed by atoms with Crippen molar-refractivity contribution in [3.8, 4) is 23.0 Å². The molecule has 0 radical (unpaired) electrons. The molecule has 0 saturated carbocycles. The first-order valence-electron chi connectivity index (χ1n) is 9.65. The number of carbonyl (C=O) groups excluding carboxylic acids is 1. The Bertz CT molecular complexity index is 1050. The zero-order chi connectivity index (χ0) is 21.1. The van der Waals surface area contributed by atoms with Crippen molar-refractivity contribution in [3.63, 3.8) is 0 Å². The van der Waals surface area contributed by atoms with Gasteiger partial charge in [0.15, 0.2) is 17.3 Å². The number of amides is 1. The number of hydrogen-bond acceptors (Lipinski definition) is 6. The third-order valence-corrected chi connectivity index (χ3v) is 5.45. The van der Waals surface area contributed by atoms with Crippen molar-refractivity contribution >= 4 is 17.5 Å². The standard InChI is InChI=1S/C22H22ClN3O4/c1-28-18-7-6-14(10-19(18)29-2)8-9-26-13-16(12-20(26)27)21-24-22(30-25-21)15-4-3-5-17(23)11-15/h3-7,10-11,16H,8-9,12-13H2,1-2H3. The van der Waals surface area contributed by atoms with Crippen molar-refractivity contribution in [2.75, 3.05) is 27.3 Å². The summed E-state index contributed by atoms with van der Waals surface area (Å²) in [5.41, 5.74) is 1.84. The monoisotopic (exact) mass is 427 g/mol. The van der Waals surface area contributed by atoms with Gasteiger partial charge in [0.2, 0.25) is 5.91 Å². The molecule has 2 heterocycles. The normalized spacial score (nSPS) is 16.2. The Morgan fingerprint density at radius 2 is 2.00 bits per heavy atom. The van der Waals surface area contributed by atoms with Crippen LogP contribution in [0, 0.1) is 0 Å². The first-order chi connectivity index (χ1) is 14.6. The van der Waals surface area contributed by atoms with E-state index in [-0.39, 0.29) is 11.8 Å². The van der Waals surface area contributed by atoms with Gasteiger partial charge in [-0.3, -0.25) is 4.79 Å². The highest BCUT2D eigenvalue weighted by atomic mass is 35.5. The molecule has 8 heteroatoms. The summed E-state index contributed by atoms with van der Waals surface area (Å²) < 4.78 is 16.0. The molecular formula is C22H22ClN3O4. The van der Waals surface area contributed by atoms with E-state index in [1.54, 1.807) is 26.4 Å². The second-order valence-electron chi connectivity index (χ2n) is 7.15. The highest BCUT2D eigenvalue weighted by molar-refractivity contribution is 6.30. The van der Waals surface area contributed by atoms with Gasteiger partial charge in [-0.1, -0.05) is 28.9 Å². The number of benzene rings is 2. The first-order valence-corrected chi connectivity index (χ1v) is 10.0. The van der Waals surface area contributed by atoms with Gasteiger partial charge in [0.1, 0.15) is 0 Å². The summed E-state index contributed by atoms with van der Waals surface area (Å²) in [6.07, 6.45) is 1.10. The van der Waals surface area contributed by atoms with E-state index in [0.717, 1.165) is 17.5 Å². The summed E-state index contributed by atoms with van der Waals surface area (Å²) in [5, 5.41) is 4.70. The highest BCUT2D eigenvalue weighted by Gasteiger charge is 2.33. The van der Waals surface area contributed by atoms with Crippen molar-refractivity contribution in [1.29, 1.82) is 0 Å². The lowest BCUT2D eigenvalue weighted by molar-refractivity contribution is -0.127. The largest absolute Gasteiger partial charge is 0.493 e. The van der Waals surface area contributed by atoms with E-state index in [1.807, 2.05) is 35.2 Å². The Morgan fingerprint density at radius 1 is 1.17 bits per heavy atom. The average molecular weight is 428 g/mol. The van der Waals surface area contributed by atoms with Crippen molar-refractivity contribution in [3.05, 3.63) is 58.9 Å². The molecule has 0 spiro atoms. The topological polar surface area (TPSA) is 77.7 Å². The molecule has 4 rings (SSSR count). The number of aromatic nitrogens is 2. The molecule has 1 unspecified atom stereocenters. The van der Waals surface area contributed by atoms with Crippen molar-refractivity contribution in [2.45, 2.75) is 18.8 Å². The van der Waals surface area contributed by atoms with Gasteiger partial charge in [-0.05, 0) is 42.3 Å². The van der Waals surface area contributed by atoms with Gasteiger partial charge in [-0.15, -0.1) is 0 Å². The molecular weight excluding hydrogens is 406 g/mol. The van der Waals surface area contributed by atoms with E-state index in [1.165, 1.54) is 0 Å². The Morgan fingerprint density at radius 3 is 2.77 bits per heavy atom. The molecule has 0 N–H and O–H groups in total. The van der Waals surface area contributed by atoms with Crippen LogP contribution in [0.5, 0.6) is 11.5 Å². The molecule has 1 aliphatic heterocycles. The van der Waals surface area contributed by atoms with E-state index in [0.29, 0.717) is 47.7 Å². The van der Waals surface area contributed by atoms with Gasteiger partial charge in [-0.25, -0.2) is 0 Å². The fraction of sp³-hybridized carbons (Fsp3) is 0.318. The van der Waals surface area contributed by atoms with Crippen LogP contribution in [-0.2, 0) is 11.2 Å². The molecule has 0 aliphatic carbocycles. The molecule has 1 atom stereocenters. The zero-order valence-corrected chi connectivity index (χ0v) is 17.6. The fourth-order valence-electron chi connectivity index (χ4n) is 3.60. The van der Waals surface area contributed by atoms with Crippen LogP contribution in [0.25, 0.3) is 11.5 Å². The molecule has 1 amide bonds.